The van der Waals surface area contributed by atoms with Gasteiger partial charge in [0.2, 0.25) is 0 Å². The zero-order valence-electron chi connectivity index (χ0n) is 8.82. The molecule has 17 heavy (non-hydrogen) atoms. The Bertz CT molecular complexity index is 443. The third kappa shape index (κ3) is 3.00. The van der Waals surface area contributed by atoms with Crippen LogP contribution in [-0.4, -0.2) is 22.9 Å². The minimum atomic E-state index is -0.884. The highest BCUT2D eigenvalue weighted by Gasteiger charge is 2.28. The molecule has 2 rings (SSSR count). The topological polar surface area (TPSA) is 49.3 Å². The Kier molecular flexibility index (Phi) is 4.06. The summed E-state index contributed by atoms with van der Waals surface area (Å²) in [5, 5.41) is 11.6. The molecule has 1 aliphatic rings. The molecular formula is C11H11BrFNO2S. The van der Waals surface area contributed by atoms with Gasteiger partial charge in [-0.15, -0.1) is 11.8 Å². The van der Waals surface area contributed by atoms with E-state index in [0.29, 0.717) is 17.7 Å². The molecule has 2 atom stereocenters. The summed E-state index contributed by atoms with van der Waals surface area (Å²) in [6.07, 6.45) is 0.562. The van der Waals surface area contributed by atoms with Crippen LogP contribution in [0.15, 0.2) is 22.7 Å². The van der Waals surface area contributed by atoms with Gasteiger partial charge in [-0.25, -0.2) is 4.39 Å². The molecule has 1 aromatic rings. The Balaban J connectivity index is 2.21. The van der Waals surface area contributed by atoms with Gasteiger partial charge in [-0.2, -0.15) is 0 Å². The lowest BCUT2D eigenvalue weighted by molar-refractivity contribution is -0.139. The summed E-state index contributed by atoms with van der Waals surface area (Å²) in [4.78, 5) is 10.9. The van der Waals surface area contributed by atoms with E-state index in [9.17, 15) is 9.18 Å². The van der Waals surface area contributed by atoms with E-state index < -0.39 is 12.0 Å². The number of carboxylic acids is 1. The van der Waals surface area contributed by atoms with Gasteiger partial charge in [0.05, 0.1) is 5.37 Å². The van der Waals surface area contributed by atoms with Crippen LogP contribution in [0.1, 0.15) is 17.4 Å². The number of thioether (sulfide) groups is 1. The predicted octanol–water partition coefficient (Wildman–Crippen LogP) is 2.77. The van der Waals surface area contributed by atoms with Crippen LogP contribution < -0.4 is 5.32 Å². The molecule has 0 spiro atoms. The minimum absolute atomic E-state index is 0.303. The van der Waals surface area contributed by atoms with Crippen LogP contribution in [-0.2, 0) is 4.79 Å². The molecule has 2 unspecified atom stereocenters. The highest BCUT2D eigenvalue weighted by atomic mass is 79.9. The number of carbonyl (C=O) groups is 1. The maximum atomic E-state index is 13.7. The molecule has 1 heterocycles. The van der Waals surface area contributed by atoms with Gasteiger partial charge in [0, 0.05) is 10.0 Å². The van der Waals surface area contributed by atoms with Crippen molar-refractivity contribution in [3.8, 4) is 0 Å². The number of hydrogen-bond donors (Lipinski definition) is 2. The van der Waals surface area contributed by atoms with E-state index in [1.165, 1.54) is 17.8 Å². The molecule has 0 bridgehead atoms. The number of rotatable bonds is 2. The van der Waals surface area contributed by atoms with Crippen molar-refractivity contribution < 1.29 is 14.3 Å². The Morgan fingerprint density at radius 2 is 2.35 bits per heavy atom. The Hall–Kier alpha value is -0.590. The maximum Gasteiger partial charge on any atom is 0.320 e. The van der Waals surface area contributed by atoms with Gasteiger partial charge in [-0.05, 0) is 30.4 Å². The van der Waals surface area contributed by atoms with E-state index in [2.05, 4.69) is 21.2 Å². The first-order valence-electron chi connectivity index (χ1n) is 5.13. The second-order valence-electron chi connectivity index (χ2n) is 3.76. The summed E-state index contributed by atoms with van der Waals surface area (Å²) in [7, 11) is 0. The van der Waals surface area contributed by atoms with E-state index in [0.717, 1.165) is 4.47 Å². The van der Waals surface area contributed by atoms with Crippen LogP contribution in [0.3, 0.4) is 0 Å². The van der Waals surface area contributed by atoms with E-state index in [1.807, 2.05) is 0 Å². The number of nitrogens with one attached hydrogen (secondary N) is 1. The normalized spacial score (nSPS) is 24.6. The molecule has 0 saturated carbocycles. The molecule has 0 aliphatic carbocycles. The first-order chi connectivity index (χ1) is 8.08. The van der Waals surface area contributed by atoms with E-state index >= 15 is 0 Å². The largest absolute Gasteiger partial charge is 0.480 e. The molecular weight excluding hydrogens is 309 g/mol. The maximum absolute atomic E-state index is 13.7. The van der Waals surface area contributed by atoms with E-state index in [1.54, 1.807) is 12.1 Å². The Labute approximate surface area is 111 Å². The minimum Gasteiger partial charge on any atom is -0.480 e. The Morgan fingerprint density at radius 3 is 3.06 bits per heavy atom. The third-order valence-corrected chi connectivity index (χ3v) is 4.27. The summed E-state index contributed by atoms with van der Waals surface area (Å²) in [6.45, 7) is 0. The molecule has 1 saturated heterocycles. The van der Waals surface area contributed by atoms with Crippen molar-refractivity contribution >= 4 is 33.7 Å². The third-order valence-electron chi connectivity index (χ3n) is 2.58. The number of carboxylic acid groups (broad SMARTS) is 1. The zero-order valence-corrected chi connectivity index (χ0v) is 11.2. The number of halogens is 2. The van der Waals surface area contributed by atoms with Crippen molar-refractivity contribution in [2.24, 2.45) is 0 Å². The van der Waals surface area contributed by atoms with Crippen LogP contribution in [0.25, 0.3) is 0 Å². The summed E-state index contributed by atoms with van der Waals surface area (Å²) in [5.41, 5.74) is 0.496. The van der Waals surface area contributed by atoms with Gasteiger partial charge in [-0.1, -0.05) is 15.9 Å². The highest BCUT2D eigenvalue weighted by Crippen LogP contribution is 2.34. The quantitative estimate of drug-likeness (QED) is 0.880. The molecule has 2 N–H and O–H groups in total. The van der Waals surface area contributed by atoms with Gasteiger partial charge < -0.3 is 5.11 Å². The molecule has 1 aromatic carbocycles. The zero-order chi connectivity index (χ0) is 12.4. The average Bonchev–Trinajstić information content (AvgIpc) is 2.32. The van der Waals surface area contributed by atoms with Gasteiger partial charge in [0.1, 0.15) is 11.9 Å². The smallest absolute Gasteiger partial charge is 0.320 e. The molecule has 0 amide bonds. The SMILES string of the molecule is O=C(O)C1CCSC(c2cc(Br)ccc2F)N1. The van der Waals surface area contributed by atoms with Crippen molar-refractivity contribution in [3.63, 3.8) is 0 Å². The van der Waals surface area contributed by atoms with Crippen molar-refractivity contribution in [1.29, 1.82) is 0 Å². The summed E-state index contributed by atoms with van der Waals surface area (Å²) in [5.74, 6) is -0.490. The summed E-state index contributed by atoms with van der Waals surface area (Å²) < 4.78 is 14.4. The molecule has 3 nitrogen and oxygen atoms in total. The van der Waals surface area contributed by atoms with E-state index in [4.69, 9.17) is 5.11 Å². The lowest BCUT2D eigenvalue weighted by atomic mass is 10.1. The molecule has 0 aromatic heterocycles. The second-order valence-corrected chi connectivity index (χ2v) is 5.89. The standard InChI is InChI=1S/C11H11BrFNO2S/c12-6-1-2-8(13)7(5-6)10-14-9(11(15)16)3-4-17-10/h1-2,5,9-10,14H,3-4H2,(H,15,16). The van der Waals surface area contributed by atoms with Crippen LogP contribution in [0.5, 0.6) is 0 Å². The second kappa shape index (κ2) is 5.37. The lowest BCUT2D eigenvalue weighted by Crippen LogP contribution is -2.42. The van der Waals surface area contributed by atoms with Gasteiger partial charge in [0.15, 0.2) is 0 Å². The van der Waals surface area contributed by atoms with Crippen molar-refractivity contribution in [1.82, 2.24) is 5.32 Å². The Morgan fingerprint density at radius 1 is 1.59 bits per heavy atom. The molecule has 92 valence electrons. The fourth-order valence-corrected chi connectivity index (χ4v) is 3.31. The van der Waals surface area contributed by atoms with Gasteiger partial charge >= 0.3 is 5.97 Å². The van der Waals surface area contributed by atoms with Crippen LogP contribution in [0.2, 0.25) is 0 Å². The number of aliphatic carboxylic acids is 1. The first kappa shape index (κ1) is 12.9. The summed E-state index contributed by atoms with van der Waals surface area (Å²) >= 11 is 4.81. The van der Waals surface area contributed by atoms with Gasteiger partial charge in [0.25, 0.3) is 0 Å². The average molecular weight is 320 g/mol. The van der Waals surface area contributed by atoms with Gasteiger partial charge in [-0.3, -0.25) is 10.1 Å². The van der Waals surface area contributed by atoms with Crippen molar-refractivity contribution in [2.45, 2.75) is 17.8 Å². The fourth-order valence-electron chi connectivity index (χ4n) is 1.71. The fraction of sp³-hybridized carbons (Fsp3) is 0.364. The molecule has 1 aliphatic heterocycles. The predicted molar refractivity (Wildman–Crippen MR) is 68.5 cm³/mol. The lowest BCUT2D eigenvalue weighted by Gasteiger charge is -2.28. The van der Waals surface area contributed by atoms with Crippen molar-refractivity contribution in [3.05, 3.63) is 34.1 Å². The summed E-state index contributed by atoms with van der Waals surface area (Å²) in [6, 6.07) is 4.09. The van der Waals surface area contributed by atoms with Crippen molar-refractivity contribution in [2.75, 3.05) is 5.75 Å². The highest BCUT2D eigenvalue weighted by molar-refractivity contribution is 9.10. The number of benzene rings is 1. The molecule has 0 radical (unpaired) electrons. The van der Waals surface area contributed by atoms with E-state index in [-0.39, 0.29) is 11.2 Å². The van der Waals surface area contributed by atoms with Crippen LogP contribution in [0.4, 0.5) is 4.39 Å². The molecule has 1 fully saturated rings. The first-order valence-corrected chi connectivity index (χ1v) is 6.97. The van der Waals surface area contributed by atoms with Crippen LogP contribution in [0, 0.1) is 5.82 Å². The van der Waals surface area contributed by atoms with Crippen LogP contribution >= 0.6 is 27.7 Å². The molecule has 6 heteroatoms. The number of hydrogen-bond acceptors (Lipinski definition) is 3. The monoisotopic (exact) mass is 319 g/mol.